The Hall–Kier alpha value is -2.43. The van der Waals surface area contributed by atoms with Gasteiger partial charge in [0.1, 0.15) is 17.5 Å². The second-order valence-corrected chi connectivity index (χ2v) is 5.62. The first-order valence-electron chi connectivity index (χ1n) is 7.63. The highest BCUT2D eigenvalue weighted by Gasteiger charge is 2.18. The molecule has 0 bridgehead atoms. The van der Waals surface area contributed by atoms with E-state index in [4.69, 9.17) is 0 Å². The fourth-order valence-electron chi connectivity index (χ4n) is 2.43. The third-order valence-electron chi connectivity index (χ3n) is 3.70. The minimum atomic E-state index is -1.06. The van der Waals surface area contributed by atoms with Gasteiger partial charge < -0.3 is 0 Å². The first-order valence-corrected chi connectivity index (χ1v) is 7.63. The highest BCUT2D eigenvalue weighted by atomic mass is 19.1. The van der Waals surface area contributed by atoms with Crippen molar-refractivity contribution in [2.45, 2.75) is 33.6 Å². The third kappa shape index (κ3) is 3.91. The summed E-state index contributed by atoms with van der Waals surface area (Å²) in [4.78, 5) is 16.7. The molecule has 0 saturated carbocycles. The number of ketones is 1. The maximum atomic E-state index is 13.7. The number of carbonyl (C=O) groups excluding carboxylic acids is 1. The molecule has 0 aromatic heterocycles. The van der Waals surface area contributed by atoms with E-state index in [2.05, 4.69) is 4.99 Å². The van der Waals surface area contributed by atoms with E-state index in [9.17, 15) is 18.0 Å². The van der Waals surface area contributed by atoms with Gasteiger partial charge in [0.15, 0.2) is 5.78 Å². The van der Waals surface area contributed by atoms with Crippen molar-refractivity contribution in [2.75, 3.05) is 0 Å². The molecule has 0 fully saturated rings. The summed E-state index contributed by atoms with van der Waals surface area (Å²) in [5.74, 6) is -3.55. The lowest BCUT2D eigenvalue weighted by molar-refractivity contribution is 0.0990. The first-order chi connectivity index (χ1) is 11.3. The van der Waals surface area contributed by atoms with Crippen molar-refractivity contribution >= 4 is 17.7 Å². The summed E-state index contributed by atoms with van der Waals surface area (Å²) in [5.41, 5.74) is 2.19. The lowest BCUT2D eigenvalue weighted by Crippen LogP contribution is -2.09. The molecular formula is C19H18F3NO. The Labute approximate surface area is 139 Å². The number of aliphatic imine (C=N–C) groups is 1. The van der Waals surface area contributed by atoms with Gasteiger partial charge in [-0.1, -0.05) is 6.92 Å². The highest BCUT2D eigenvalue weighted by molar-refractivity contribution is 5.99. The summed E-state index contributed by atoms with van der Waals surface area (Å²) in [5, 5.41) is 0. The molecule has 2 nitrogen and oxygen atoms in total. The fraction of sp³-hybridized carbons (Fsp3) is 0.263. The Bertz CT molecular complexity index is 789. The van der Waals surface area contributed by atoms with Gasteiger partial charge in [-0.3, -0.25) is 9.79 Å². The van der Waals surface area contributed by atoms with Crippen LogP contribution in [-0.2, 0) is 6.42 Å². The number of hydrogen-bond acceptors (Lipinski definition) is 2. The zero-order valence-electron chi connectivity index (χ0n) is 13.8. The van der Waals surface area contributed by atoms with Gasteiger partial charge in [0, 0.05) is 35.9 Å². The van der Waals surface area contributed by atoms with Crippen molar-refractivity contribution in [1.29, 1.82) is 0 Å². The van der Waals surface area contributed by atoms with E-state index in [1.165, 1.54) is 0 Å². The molecule has 0 N–H and O–H groups in total. The van der Waals surface area contributed by atoms with Crippen molar-refractivity contribution in [3.8, 4) is 0 Å². The van der Waals surface area contributed by atoms with Crippen LogP contribution in [0.1, 0.15) is 40.4 Å². The molecule has 0 spiro atoms. The maximum Gasteiger partial charge on any atom is 0.167 e. The molecule has 0 aliphatic heterocycles. The van der Waals surface area contributed by atoms with Crippen LogP contribution in [0.2, 0.25) is 0 Å². The molecule has 0 heterocycles. The van der Waals surface area contributed by atoms with Crippen LogP contribution in [-0.4, -0.2) is 12.0 Å². The molecule has 24 heavy (non-hydrogen) atoms. The van der Waals surface area contributed by atoms with Crippen molar-refractivity contribution in [3.63, 3.8) is 0 Å². The van der Waals surface area contributed by atoms with E-state index in [0.29, 0.717) is 23.3 Å². The highest BCUT2D eigenvalue weighted by Crippen LogP contribution is 2.25. The molecule has 0 unspecified atom stereocenters. The zero-order valence-corrected chi connectivity index (χ0v) is 13.8. The van der Waals surface area contributed by atoms with Crippen molar-refractivity contribution < 1.29 is 18.0 Å². The van der Waals surface area contributed by atoms with Gasteiger partial charge in [-0.05, 0) is 43.5 Å². The van der Waals surface area contributed by atoms with Gasteiger partial charge in [-0.15, -0.1) is 0 Å². The van der Waals surface area contributed by atoms with Gasteiger partial charge in [0.25, 0.3) is 0 Å². The Morgan fingerprint density at radius 3 is 2.25 bits per heavy atom. The number of Topliss-reactive ketones (excluding diaryl/α,β-unsaturated/α-hetero) is 1. The number of aryl methyl sites for hydroxylation is 2. The molecule has 0 aliphatic rings. The van der Waals surface area contributed by atoms with Crippen molar-refractivity contribution in [3.05, 3.63) is 64.0 Å². The molecule has 0 aliphatic carbocycles. The van der Waals surface area contributed by atoms with E-state index < -0.39 is 35.2 Å². The van der Waals surface area contributed by atoms with Crippen LogP contribution >= 0.6 is 0 Å². The van der Waals surface area contributed by atoms with Crippen LogP contribution in [0.3, 0.4) is 0 Å². The van der Waals surface area contributed by atoms with E-state index >= 15 is 0 Å². The molecule has 5 heteroatoms. The number of carbonyl (C=O) groups is 1. The van der Waals surface area contributed by atoms with E-state index in [0.717, 1.165) is 17.7 Å². The summed E-state index contributed by atoms with van der Waals surface area (Å²) in [6.45, 7) is 5.53. The second-order valence-electron chi connectivity index (χ2n) is 5.62. The quantitative estimate of drug-likeness (QED) is 0.542. The van der Waals surface area contributed by atoms with Crippen LogP contribution in [0, 0.1) is 31.3 Å². The predicted molar refractivity (Wildman–Crippen MR) is 88.7 cm³/mol. The van der Waals surface area contributed by atoms with Gasteiger partial charge >= 0.3 is 0 Å². The summed E-state index contributed by atoms with van der Waals surface area (Å²) in [7, 11) is 0. The minimum absolute atomic E-state index is 0.381. The summed E-state index contributed by atoms with van der Waals surface area (Å²) >= 11 is 0. The third-order valence-corrected chi connectivity index (χ3v) is 3.70. The van der Waals surface area contributed by atoms with Crippen LogP contribution in [0.15, 0.2) is 29.3 Å². The number of benzene rings is 2. The van der Waals surface area contributed by atoms with Crippen LogP contribution in [0.4, 0.5) is 18.9 Å². The van der Waals surface area contributed by atoms with Crippen LogP contribution < -0.4 is 0 Å². The standard InChI is InChI=1S/C19H18F3NO/c1-4-5-23-18-7-11(2)14(6-12(18)3)19(24)10-15-16(21)8-13(20)9-17(15)22/h5-9H,4,10H2,1-3H3/b23-5-. The van der Waals surface area contributed by atoms with Gasteiger partial charge in [-0.2, -0.15) is 0 Å². The lowest BCUT2D eigenvalue weighted by atomic mass is 9.96. The van der Waals surface area contributed by atoms with Crippen molar-refractivity contribution in [2.24, 2.45) is 4.99 Å². The topological polar surface area (TPSA) is 29.4 Å². The number of hydrogen-bond donors (Lipinski definition) is 0. The average Bonchev–Trinajstić information content (AvgIpc) is 2.51. The van der Waals surface area contributed by atoms with Crippen LogP contribution in [0.5, 0.6) is 0 Å². The number of halogens is 3. The van der Waals surface area contributed by atoms with Gasteiger partial charge in [0.05, 0.1) is 5.69 Å². The van der Waals surface area contributed by atoms with E-state index in [1.807, 2.05) is 13.8 Å². The fourth-order valence-corrected chi connectivity index (χ4v) is 2.43. The maximum absolute atomic E-state index is 13.7. The number of nitrogens with zero attached hydrogens (tertiary/aromatic N) is 1. The van der Waals surface area contributed by atoms with E-state index in [-0.39, 0.29) is 0 Å². The lowest BCUT2D eigenvalue weighted by Gasteiger charge is -2.10. The van der Waals surface area contributed by atoms with Gasteiger partial charge in [-0.25, -0.2) is 13.2 Å². The Morgan fingerprint density at radius 1 is 1.04 bits per heavy atom. The summed E-state index contributed by atoms with van der Waals surface area (Å²) in [6, 6.07) is 4.59. The normalized spacial score (nSPS) is 11.2. The van der Waals surface area contributed by atoms with E-state index in [1.54, 1.807) is 25.3 Å². The molecule has 126 valence electrons. The molecule has 2 aromatic rings. The Kier molecular flexibility index (Phi) is 5.54. The second kappa shape index (κ2) is 7.43. The SMILES string of the molecule is CC/C=N\c1cc(C)c(C(=O)Cc2c(F)cc(F)cc2F)cc1C. The van der Waals surface area contributed by atoms with Crippen molar-refractivity contribution in [1.82, 2.24) is 0 Å². The van der Waals surface area contributed by atoms with Crippen LogP contribution in [0.25, 0.3) is 0 Å². The summed E-state index contributed by atoms with van der Waals surface area (Å²) < 4.78 is 40.4. The predicted octanol–water partition coefficient (Wildman–Crippen LogP) is 5.26. The van der Waals surface area contributed by atoms with Gasteiger partial charge in [0.2, 0.25) is 0 Å². The average molecular weight is 333 g/mol. The number of rotatable bonds is 5. The first kappa shape index (κ1) is 17.9. The Morgan fingerprint density at radius 2 is 1.67 bits per heavy atom. The molecule has 0 amide bonds. The zero-order chi connectivity index (χ0) is 17.9. The molecule has 0 saturated heterocycles. The molecular weight excluding hydrogens is 315 g/mol. The molecule has 0 radical (unpaired) electrons. The minimum Gasteiger partial charge on any atom is -0.294 e. The molecule has 2 aromatic carbocycles. The Balaban J connectivity index is 2.34. The molecule has 0 atom stereocenters. The smallest absolute Gasteiger partial charge is 0.167 e. The molecule has 2 rings (SSSR count). The monoisotopic (exact) mass is 333 g/mol. The largest absolute Gasteiger partial charge is 0.294 e. The summed E-state index contributed by atoms with van der Waals surface area (Å²) in [6.07, 6.45) is 2.10.